The van der Waals surface area contributed by atoms with Crippen LogP contribution in [0.15, 0.2) is 47.5 Å². The molecule has 1 aliphatic rings. The van der Waals surface area contributed by atoms with Crippen molar-refractivity contribution in [2.24, 2.45) is 10.9 Å². The second-order valence-corrected chi connectivity index (χ2v) is 9.16. The highest BCUT2D eigenvalue weighted by Crippen LogP contribution is 2.32. The molecule has 0 spiro atoms. The monoisotopic (exact) mass is 499 g/mol. The Hall–Kier alpha value is -3.63. The molecule has 0 fully saturated rings. The smallest absolute Gasteiger partial charge is 0.150 e. The number of isothiocyanates is 1. The third-order valence-electron chi connectivity index (χ3n) is 6.43. The van der Waals surface area contributed by atoms with Crippen LogP contribution < -0.4 is 0 Å². The molecule has 0 aromatic heterocycles. The lowest BCUT2D eigenvalue weighted by molar-refractivity contribution is 0.411. The number of aryl methyl sites for hydroxylation is 1. The van der Waals surface area contributed by atoms with E-state index in [2.05, 4.69) is 53.0 Å². The lowest BCUT2D eigenvalue weighted by Gasteiger charge is -2.25. The first-order chi connectivity index (χ1) is 17.4. The molecule has 0 bridgehead atoms. The van der Waals surface area contributed by atoms with Crippen molar-refractivity contribution in [2.75, 3.05) is 0 Å². The van der Waals surface area contributed by atoms with E-state index in [0.29, 0.717) is 29.0 Å². The van der Waals surface area contributed by atoms with Gasteiger partial charge in [0.05, 0.1) is 10.7 Å². The van der Waals surface area contributed by atoms with Gasteiger partial charge in [-0.2, -0.15) is 4.99 Å². The summed E-state index contributed by atoms with van der Waals surface area (Å²) < 4.78 is 43.9. The summed E-state index contributed by atoms with van der Waals surface area (Å²) in [6.45, 7) is 4.01. The summed E-state index contributed by atoms with van der Waals surface area (Å²) in [6, 6.07) is 11.3. The first-order valence-electron chi connectivity index (χ1n) is 11.9. The fourth-order valence-electron chi connectivity index (χ4n) is 4.57. The summed E-state index contributed by atoms with van der Waals surface area (Å²) in [5, 5.41) is 2.14. The van der Waals surface area contributed by atoms with Gasteiger partial charge < -0.3 is 0 Å². The van der Waals surface area contributed by atoms with Gasteiger partial charge in [0.1, 0.15) is 17.3 Å². The Balaban J connectivity index is 1.55. The Morgan fingerprint density at radius 2 is 1.69 bits per heavy atom. The number of fused-ring (bicyclic) bond motifs is 1. The minimum atomic E-state index is -0.607. The van der Waals surface area contributed by atoms with Crippen LogP contribution in [0.25, 0.3) is 0 Å². The van der Waals surface area contributed by atoms with Gasteiger partial charge in [-0.3, -0.25) is 0 Å². The van der Waals surface area contributed by atoms with Crippen molar-refractivity contribution in [3.05, 3.63) is 98.9 Å². The van der Waals surface area contributed by atoms with Gasteiger partial charge in [0.15, 0.2) is 5.82 Å². The minimum absolute atomic E-state index is 0.113. The maximum atomic E-state index is 15.1. The molecule has 5 heteroatoms. The fraction of sp³-hybridized carbons (Fsp3) is 0.258. The lowest BCUT2D eigenvalue weighted by Crippen LogP contribution is -2.17. The molecule has 0 N–H and O–H groups in total. The van der Waals surface area contributed by atoms with E-state index in [-0.39, 0.29) is 11.3 Å². The predicted molar refractivity (Wildman–Crippen MR) is 141 cm³/mol. The van der Waals surface area contributed by atoms with Gasteiger partial charge in [0.2, 0.25) is 0 Å². The van der Waals surface area contributed by atoms with Crippen LogP contribution in [0.5, 0.6) is 0 Å². The number of hydrogen-bond donors (Lipinski definition) is 0. The van der Waals surface area contributed by atoms with Gasteiger partial charge in [-0.25, -0.2) is 13.2 Å². The number of thiocarbonyl (C=S) groups is 1. The molecule has 0 amide bonds. The van der Waals surface area contributed by atoms with E-state index in [0.717, 1.165) is 42.4 Å². The van der Waals surface area contributed by atoms with E-state index in [1.54, 1.807) is 18.2 Å². The SMILES string of the molecule is CCCC1CCc2c(cc(F)c(C#Cc3ccc(C#Cc4ccc(N=C=S)c(F)c4)c(C)c3)c2F)C1. The van der Waals surface area contributed by atoms with Crippen LogP contribution in [0.4, 0.5) is 18.9 Å². The molecule has 3 aromatic carbocycles. The molecule has 0 saturated carbocycles. The first kappa shape index (κ1) is 25.5. The summed E-state index contributed by atoms with van der Waals surface area (Å²) in [7, 11) is 0. The average molecular weight is 500 g/mol. The Labute approximate surface area is 215 Å². The van der Waals surface area contributed by atoms with Crippen molar-refractivity contribution in [3.63, 3.8) is 0 Å². The molecule has 4 rings (SSSR count). The zero-order valence-corrected chi connectivity index (χ0v) is 21.0. The van der Waals surface area contributed by atoms with Crippen molar-refractivity contribution >= 4 is 23.1 Å². The highest BCUT2D eigenvalue weighted by Gasteiger charge is 2.24. The summed E-state index contributed by atoms with van der Waals surface area (Å²) >= 11 is 4.50. The predicted octanol–water partition coefficient (Wildman–Crippen LogP) is 7.85. The van der Waals surface area contributed by atoms with Crippen LogP contribution in [-0.2, 0) is 12.8 Å². The third kappa shape index (κ3) is 5.77. The maximum Gasteiger partial charge on any atom is 0.150 e. The lowest BCUT2D eigenvalue weighted by atomic mass is 9.81. The van der Waals surface area contributed by atoms with Crippen LogP contribution >= 0.6 is 12.2 Å². The molecule has 0 saturated heterocycles. The van der Waals surface area contributed by atoms with Crippen molar-refractivity contribution in [1.29, 1.82) is 0 Å². The van der Waals surface area contributed by atoms with Crippen LogP contribution in [0.1, 0.15) is 65.1 Å². The molecule has 0 aliphatic heterocycles. The first-order valence-corrected chi connectivity index (χ1v) is 12.3. The summed E-state index contributed by atoms with van der Waals surface area (Å²) in [5.41, 5.74) is 4.05. The van der Waals surface area contributed by atoms with Crippen molar-refractivity contribution < 1.29 is 13.2 Å². The van der Waals surface area contributed by atoms with Gasteiger partial charge >= 0.3 is 0 Å². The topological polar surface area (TPSA) is 12.4 Å². The molecule has 3 aromatic rings. The van der Waals surface area contributed by atoms with Crippen LogP contribution in [0.2, 0.25) is 0 Å². The number of benzene rings is 3. The van der Waals surface area contributed by atoms with Gasteiger partial charge in [-0.1, -0.05) is 43.4 Å². The second kappa shape index (κ2) is 11.4. The summed E-state index contributed by atoms with van der Waals surface area (Å²) in [6.07, 6.45) is 4.43. The molecule has 1 nitrogen and oxygen atoms in total. The Bertz CT molecular complexity index is 1490. The summed E-state index contributed by atoms with van der Waals surface area (Å²) in [5.74, 6) is 10.4. The van der Waals surface area contributed by atoms with Gasteiger partial charge in [-0.15, -0.1) is 0 Å². The zero-order chi connectivity index (χ0) is 25.7. The third-order valence-corrected chi connectivity index (χ3v) is 6.52. The van der Waals surface area contributed by atoms with Gasteiger partial charge in [-0.05, 0) is 103 Å². The Morgan fingerprint density at radius 1 is 0.944 bits per heavy atom. The van der Waals surface area contributed by atoms with Crippen LogP contribution in [0.3, 0.4) is 0 Å². The molecular formula is C31H24F3NS. The molecule has 36 heavy (non-hydrogen) atoms. The maximum absolute atomic E-state index is 15.1. The number of aliphatic imine (C=N–C) groups is 1. The van der Waals surface area contributed by atoms with Gasteiger partial charge in [0.25, 0.3) is 0 Å². The van der Waals surface area contributed by atoms with Crippen molar-refractivity contribution in [1.82, 2.24) is 0 Å². The normalized spacial score (nSPS) is 14.0. The number of rotatable bonds is 3. The van der Waals surface area contributed by atoms with Crippen molar-refractivity contribution in [3.8, 4) is 23.7 Å². The summed E-state index contributed by atoms with van der Waals surface area (Å²) in [4.78, 5) is 3.65. The Morgan fingerprint density at radius 3 is 2.42 bits per heavy atom. The molecule has 1 atom stereocenters. The number of halogens is 3. The molecule has 180 valence electrons. The Kier molecular flexibility index (Phi) is 8.07. The largest absolute Gasteiger partial charge is 0.206 e. The second-order valence-electron chi connectivity index (χ2n) is 8.98. The molecule has 1 unspecified atom stereocenters. The fourth-order valence-corrected chi connectivity index (χ4v) is 4.67. The van der Waals surface area contributed by atoms with Crippen LogP contribution in [-0.4, -0.2) is 5.16 Å². The standard InChI is InChI=1S/C31H24F3NS/c1-3-4-21-7-12-26-25(16-21)18-28(32)27(31(26)34)13-8-22-5-10-24(20(2)15-22)11-6-23-9-14-30(35-19-36)29(33)17-23/h5,9-10,14-15,17-18,21H,3-4,7,12,16H2,1-2H3. The van der Waals surface area contributed by atoms with Gasteiger partial charge in [0, 0.05) is 16.7 Å². The van der Waals surface area contributed by atoms with E-state index in [1.807, 2.05) is 13.0 Å². The van der Waals surface area contributed by atoms with E-state index in [9.17, 15) is 8.78 Å². The molecule has 0 radical (unpaired) electrons. The van der Waals surface area contributed by atoms with Crippen LogP contribution in [0, 0.1) is 54.0 Å². The number of nitrogens with zero attached hydrogens (tertiary/aromatic N) is 1. The molecular weight excluding hydrogens is 475 g/mol. The van der Waals surface area contributed by atoms with E-state index >= 15 is 4.39 Å². The molecule has 0 heterocycles. The average Bonchev–Trinajstić information content (AvgIpc) is 2.85. The van der Waals surface area contributed by atoms with E-state index in [1.165, 1.54) is 18.2 Å². The van der Waals surface area contributed by atoms with E-state index < -0.39 is 17.5 Å². The highest BCUT2D eigenvalue weighted by atomic mass is 32.1. The number of hydrogen-bond acceptors (Lipinski definition) is 2. The highest BCUT2D eigenvalue weighted by molar-refractivity contribution is 7.78. The van der Waals surface area contributed by atoms with Crippen molar-refractivity contribution in [2.45, 2.75) is 46.0 Å². The quantitative estimate of drug-likeness (QED) is 0.203. The zero-order valence-electron chi connectivity index (χ0n) is 20.1. The minimum Gasteiger partial charge on any atom is -0.206 e. The van der Waals surface area contributed by atoms with E-state index in [4.69, 9.17) is 0 Å². The molecule has 1 aliphatic carbocycles.